The lowest BCUT2D eigenvalue weighted by Crippen LogP contribution is -2.49. The molecule has 1 amide bonds. The molecule has 0 radical (unpaired) electrons. The second-order valence-corrected chi connectivity index (χ2v) is 12.8. The van der Waals surface area contributed by atoms with Crippen molar-refractivity contribution >= 4 is 15.9 Å². The first kappa shape index (κ1) is 26.3. The molecule has 3 saturated carbocycles. The molecule has 1 saturated heterocycles. The summed E-state index contributed by atoms with van der Waals surface area (Å²) < 4.78 is 45.8. The molecule has 0 spiro atoms. The van der Waals surface area contributed by atoms with E-state index >= 15 is 0 Å². The monoisotopic (exact) mass is 500 g/mol. The van der Waals surface area contributed by atoms with E-state index in [9.17, 15) is 13.2 Å². The molecule has 8 unspecified atom stereocenters. The molecule has 8 nitrogen and oxygen atoms in total. The molecule has 4 rings (SSSR count). The molecule has 4 aliphatic rings. The van der Waals surface area contributed by atoms with Crippen molar-refractivity contribution < 1.29 is 27.4 Å². The van der Waals surface area contributed by atoms with Crippen LogP contribution in [0.15, 0.2) is 0 Å². The second-order valence-electron chi connectivity index (χ2n) is 10.7. The lowest BCUT2D eigenvalue weighted by atomic mass is 9.80. The molecule has 0 bridgehead atoms. The molecule has 2 N–H and O–H groups in total. The van der Waals surface area contributed by atoms with Crippen LogP contribution in [0.1, 0.15) is 77.6 Å². The molecule has 1 heterocycles. The average molecular weight is 501 g/mol. The van der Waals surface area contributed by atoms with Crippen LogP contribution in [-0.2, 0) is 29.0 Å². The molecule has 0 aromatic rings. The van der Waals surface area contributed by atoms with Crippen LogP contribution in [-0.4, -0.2) is 70.8 Å². The predicted octanol–water partition coefficient (Wildman–Crippen LogP) is 2.76. The Kier molecular flexibility index (Phi) is 9.29. The summed E-state index contributed by atoms with van der Waals surface area (Å²) in [4.78, 5) is 13.1. The SMILES string of the molecule is CCC(CC(CNS(=O)(=O)C1CCC2OCCOC2C1)OC)C(=O)NC1CCC2CCCCC21. The third-order valence-corrected chi connectivity index (χ3v) is 10.7. The van der Waals surface area contributed by atoms with Gasteiger partial charge in [-0.3, -0.25) is 4.79 Å². The van der Waals surface area contributed by atoms with Crippen LogP contribution in [0, 0.1) is 17.8 Å². The molecular formula is C25H44N2O6S. The highest BCUT2D eigenvalue weighted by atomic mass is 32.2. The number of fused-ring (bicyclic) bond motifs is 2. The number of carbonyl (C=O) groups excluding carboxylic acids is 1. The highest BCUT2D eigenvalue weighted by Gasteiger charge is 2.40. The van der Waals surface area contributed by atoms with E-state index < -0.39 is 15.3 Å². The van der Waals surface area contributed by atoms with Crippen LogP contribution in [0.25, 0.3) is 0 Å². The third kappa shape index (κ3) is 6.33. The lowest BCUT2D eigenvalue weighted by Gasteiger charge is -2.38. The molecule has 0 aromatic heterocycles. The zero-order valence-corrected chi connectivity index (χ0v) is 21.7. The number of rotatable bonds is 10. The fraction of sp³-hybridized carbons (Fsp3) is 0.960. The van der Waals surface area contributed by atoms with Crippen LogP contribution in [0.5, 0.6) is 0 Å². The number of amides is 1. The van der Waals surface area contributed by atoms with Crippen LogP contribution >= 0.6 is 0 Å². The Hall–Kier alpha value is -0.740. The zero-order valence-electron chi connectivity index (χ0n) is 20.9. The van der Waals surface area contributed by atoms with Crippen molar-refractivity contribution in [2.75, 3.05) is 26.9 Å². The van der Waals surface area contributed by atoms with Crippen LogP contribution in [0.2, 0.25) is 0 Å². The van der Waals surface area contributed by atoms with E-state index in [4.69, 9.17) is 14.2 Å². The number of nitrogens with one attached hydrogen (secondary N) is 2. The van der Waals surface area contributed by atoms with Crippen molar-refractivity contribution in [1.29, 1.82) is 0 Å². The van der Waals surface area contributed by atoms with Gasteiger partial charge < -0.3 is 19.5 Å². The summed E-state index contributed by atoms with van der Waals surface area (Å²) in [5.74, 6) is 1.33. The molecule has 1 aliphatic heterocycles. The topological polar surface area (TPSA) is 103 Å². The van der Waals surface area contributed by atoms with Gasteiger partial charge in [0, 0.05) is 25.6 Å². The molecule has 3 aliphatic carbocycles. The molecule has 9 heteroatoms. The Morgan fingerprint density at radius 3 is 2.56 bits per heavy atom. The summed E-state index contributed by atoms with van der Waals surface area (Å²) in [5, 5.41) is 2.87. The normalized spacial score (nSPS) is 35.7. The molecule has 4 fully saturated rings. The van der Waals surface area contributed by atoms with E-state index in [1.165, 1.54) is 32.1 Å². The minimum absolute atomic E-state index is 0.0134. The van der Waals surface area contributed by atoms with Crippen molar-refractivity contribution in [3.8, 4) is 0 Å². The van der Waals surface area contributed by atoms with Gasteiger partial charge in [0.1, 0.15) is 0 Å². The van der Waals surface area contributed by atoms with E-state index in [1.807, 2.05) is 6.92 Å². The van der Waals surface area contributed by atoms with Crippen molar-refractivity contribution in [1.82, 2.24) is 10.0 Å². The van der Waals surface area contributed by atoms with Gasteiger partial charge in [-0.2, -0.15) is 0 Å². The summed E-state index contributed by atoms with van der Waals surface area (Å²) in [6.45, 7) is 3.30. The maximum atomic E-state index is 13.1. The minimum Gasteiger partial charge on any atom is -0.380 e. The zero-order chi connectivity index (χ0) is 24.1. The van der Waals surface area contributed by atoms with Gasteiger partial charge in [0.15, 0.2) is 0 Å². The molecule has 196 valence electrons. The van der Waals surface area contributed by atoms with Crippen molar-refractivity contribution in [2.45, 2.75) is 107 Å². The number of hydrogen-bond donors (Lipinski definition) is 2. The Bertz CT molecular complexity index is 777. The highest BCUT2D eigenvalue weighted by molar-refractivity contribution is 7.90. The molecule has 8 atom stereocenters. The fourth-order valence-electron chi connectivity index (χ4n) is 6.69. The average Bonchev–Trinajstić information content (AvgIpc) is 3.26. The quantitative estimate of drug-likeness (QED) is 0.478. The van der Waals surface area contributed by atoms with E-state index in [1.54, 1.807) is 7.11 Å². The van der Waals surface area contributed by atoms with Crippen LogP contribution in [0.4, 0.5) is 0 Å². The van der Waals surface area contributed by atoms with E-state index in [2.05, 4.69) is 10.0 Å². The Labute approximate surface area is 205 Å². The van der Waals surface area contributed by atoms with Gasteiger partial charge >= 0.3 is 0 Å². The summed E-state index contributed by atoms with van der Waals surface area (Å²) in [5.41, 5.74) is 0. The predicted molar refractivity (Wildman–Crippen MR) is 130 cm³/mol. The van der Waals surface area contributed by atoms with Gasteiger partial charge in [0.2, 0.25) is 15.9 Å². The lowest BCUT2D eigenvalue weighted by molar-refractivity contribution is -0.153. The van der Waals surface area contributed by atoms with Crippen molar-refractivity contribution in [3.05, 3.63) is 0 Å². The summed E-state index contributed by atoms with van der Waals surface area (Å²) in [7, 11) is -1.91. The van der Waals surface area contributed by atoms with E-state index in [0.717, 1.165) is 12.3 Å². The van der Waals surface area contributed by atoms with Gasteiger partial charge in [0.25, 0.3) is 0 Å². The number of ether oxygens (including phenoxy) is 3. The van der Waals surface area contributed by atoms with E-state index in [-0.39, 0.29) is 36.7 Å². The van der Waals surface area contributed by atoms with E-state index in [0.29, 0.717) is 57.3 Å². The molecule has 0 aromatic carbocycles. The highest BCUT2D eigenvalue weighted by Crippen LogP contribution is 2.42. The Morgan fingerprint density at radius 2 is 1.79 bits per heavy atom. The Balaban J connectivity index is 1.26. The summed E-state index contributed by atoms with van der Waals surface area (Å²) >= 11 is 0. The summed E-state index contributed by atoms with van der Waals surface area (Å²) in [6.07, 6.45) is 9.93. The standard InChI is InChI=1S/C25H44N2O6S/c1-3-17(25(28)27-22-10-8-18-6-4-5-7-21(18)22)14-19(31-2)16-26-34(29,30)20-9-11-23-24(15-20)33-13-12-32-23/h17-24,26H,3-16H2,1-2H3,(H,27,28). The number of carbonyl (C=O) groups is 1. The first-order valence-corrected chi connectivity index (χ1v) is 15.0. The largest absolute Gasteiger partial charge is 0.380 e. The molecule has 34 heavy (non-hydrogen) atoms. The van der Waals surface area contributed by atoms with Gasteiger partial charge in [0.05, 0.1) is 36.8 Å². The van der Waals surface area contributed by atoms with Crippen molar-refractivity contribution in [3.63, 3.8) is 0 Å². The van der Waals surface area contributed by atoms with Gasteiger partial charge in [-0.15, -0.1) is 0 Å². The summed E-state index contributed by atoms with van der Waals surface area (Å²) in [6, 6.07) is 0.299. The first-order valence-electron chi connectivity index (χ1n) is 13.5. The molecular weight excluding hydrogens is 456 g/mol. The van der Waals surface area contributed by atoms with Gasteiger partial charge in [-0.25, -0.2) is 13.1 Å². The number of hydrogen-bond acceptors (Lipinski definition) is 6. The van der Waals surface area contributed by atoms with Crippen LogP contribution < -0.4 is 10.0 Å². The Morgan fingerprint density at radius 1 is 1.03 bits per heavy atom. The van der Waals surface area contributed by atoms with Gasteiger partial charge in [-0.05, 0) is 63.2 Å². The minimum atomic E-state index is -3.50. The van der Waals surface area contributed by atoms with Crippen molar-refractivity contribution in [2.24, 2.45) is 17.8 Å². The second kappa shape index (κ2) is 12.0. The number of sulfonamides is 1. The fourth-order valence-corrected chi connectivity index (χ4v) is 8.23. The van der Waals surface area contributed by atoms with Crippen LogP contribution in [0.3, 0.4) is 0 Å². The number of methoxy groups -OCH3 is 1. The van der Waals surface area contributed by atoms with Gasteiger partial charge in [-0.1, -0.05) is 26.2 Å². The third-order valence-electron chi connectivity index (χ3n) is 8.79. The first-order chi connectivity index (χ1) is 16.4. The maximum Gasteiger partial charge on any atom is 0.223 e. The smallest absolute Gasteiger partial charge is 0.223 e. The maximum absolute atomic E-state index is 13.1.